The molecule has 1 aromatic carbocycles. The Morgan fingerprint density at radius 2 is 1.63 bits per heavy atom. The fourth-order valence-electron chi connectivity index (χ4n) is 3.11. The summed E-state index contributed by atoms with van der Waals surface area (Å²) in [5.41, 5.74) is 1.73. The molecule has 1 aliphatic rings. The average molecular weight is 259 g/mol. The van der Waals surface area contributed by atoms with Gasteiger partial charge in [-0.25, -0.2) is 0 Å². The molecule has 1 fully saturated rings. The monoisotopic (exact) mass is 259 g/mol. The van der Waals surface area contributed by atoms with Crippen LogP contribution in [0, 0.1) is 0 Å². The molecule has 0 amide bonds. The van der Waals surface area contributed by atoms with E-state index in [0.717, 1.165) is 12.6 Å². The molecule has 0 saturated heterocycles. The lowest BCUT2D eigenvalue weighted by molar-refractivity contribution is 0.403. The first-order valence-electron chi connectivity index (χ1n) is 7.97. The molecular weight excluding hydrogens is 230 g/mol. The highest BCUT2D eigenvalue weighted by molar-refractivity contribution is 5.23. The van der Waals surface area contributed by atoms with Crippen molar-refractivity contribution < 1.29 is 0 Å². The Morgan fingerprint density at radius 1 is 1.00 bits per heavy atom. The second-order valence-electron chi connectivity index (χ2n) is 6.64. The van der Waals surface area contributed by atoms with Crippen LogP contribution in [0.25, 0.3) is 0 Å². The first-order chi connectivity index (χ1) is 9.18. The molecule has 1 aromatic rings. The Balaban J connectivity index is 1.78. The van der Waals surface area contributed by atoms with Gasteiger partial charge < -0.3 is 5.32 Å². The van der Waals surface area contributed by atoms with Crippen molar-refractivity contribution in [2.75, 3.05) is 6.54 Å². The molecule has 0 aliphatic heterocycles. The highest BCUT2D eigenvalue weighted by atomic mass is 14.9. The van der Waals surface area contributed by atoms with E-state index in [9.17, 15) is 0 Å². The molecule has 1 aliphatic carbocycles. The van der Waals surface area contributed by atoms with Crippen LogP contribution >= 0.6 is 0 Å². The predicted molar refractivity (Wildman–Crippen MR) is 83.6 cm³/mol. The average Bonchev–Trinajstić information content (AvgIpc) is 2.68. The van der Waals surface area contributed by atoms with Gasteiger partial charge in [0.25, 0.3) is 0 Å². The predicted octanol–water partition coefficient (Wildman–Crippen LogP) is 4.67. The molecule has 2 rings (SSSR count). The first kappa shape index (κ1) is 14.6. The molecule has 0 heterocycles. The summed E-state index contributed by atoms with van der Waals surface area (Å²) in [5.74, 6) is 0. The minimum absolute atomic E-state index is 0.277. The summed E-state index contributed by atoms with van der Waals surface area (Å²) in [6, 6.07) is 11.7. The summed E-state index contributed by atoms with van der Waals surface area (Å²) < 4.78 is 0. The van der Waals surface area contributed by atoms with Crippen LogP contribution < -0.4 is 5.32 Å². The zero-order chi connectivity index (χ0) is 13.6. The van der Waals surface area contributed by atoms with Crippen LogP contribution in [-0.4, -0.2) is 12.6 Å². The van der Waals surface area contributed by atoms with Crippen molar-refractivity contribution in [3.05, 3.63) is 35.9 Å². The van der Waals surface area contributed by atoms with Crippen molar-refractivity contribution in [1.82, 2.24) is 5.32 Å². The molecule has 0 aromatic heterocycles. The third-order valence-corrected chi connectivity index (χ3v) is 4.59. The van der Waals surface area contributed by atoms with Gasteiger partial charge in [-0.05, 0) is 36.8 Å². The molecule has 0 bridgehead atoms. The van der Waals surface area contributed by atoms with Crippen LogP contribution in [0.5, 0.6) is 0 Å². The molecule has 0 unspecified atom stereocenters. The second kappa shape index (κ2) is 7.09. The molecule has 1 saturated carbocycles. The molecular formula is C18H29N. The minimum atomic E-state index is 0.277. The van der Waals surface area contributed by atoms with Crippen LogP contribution in [-0.2, 0) is 5.41 Å². The van der Waals surface area contributed by atoms with Crippen LogP contribution in [0.3, 0.4) is 0 Å². The third kappa shape index (κ3) is 4.65. The van der Waals surface area contributed by atoms with Crippen molar-refractivity contribution in [3.63, 3.8) is 0 Å². The van der Waals surface area contributed by atoms with E-state index >= 15 is 0 Å². The number of hydrogen-bond acceptors (Lipinski definition) is 1. The number of hydrogen-bond donors (Lipinski definition) is 1. The van der Waals surface area contributed by atoms with E-state index in [1.54, 1.807) is 0 Å². The zero-order valence-electron chi connectivity index (χ0n) is 12.6. The third-order valence-electron chi connectivity index (χ3n) is 4.59. The number of benzene rings is 1. The van der Waals surface area contributed by atoms with Crippen molar-refractivity contribution in [2.45, 2.75) is 70.3 Å². The first-order valence-corrected chi connectivity index (χ1v) is 7.97. The van der Waals surface area contributed by atoms with E-state index in [1.165, 1.54) is 50.5 Å². The fourth-order valence-corrected chi connectivity index (χ4v) is 3.11. The van der Waals surface area contributed by atoms with Crippen LogP contribution in [0.15, 0.2) is 30.3 Å². The van der Waals surface area contributed by atoms with Gasteiger partial charge in [-0.1, -0.05) is 69.9 Å². The molecule has 1 N–H and O–H groups in total. The van der Waals surface area contributed by atoms with E-state index in [4.69, 9.17) is 0 Å². The molecule has 0 spiro atoms. The second-order valence-corrected chi connectivity index (χ2v) is 6.64. The highest BCUT2D eigenvalue weighted by Gasteiger charge is 2.20. The lowest BCUT2D eigenvalue weighted by Gasteiger charge is -2.27. The fraction of sp³-hybridized carbons (Fsp3) is 0.667. The summed E-state index contributed by atoms with van der Waals surface area (Å²) in [6.07, 6.45) is 9.69. The van der Waals surface area contributed by atoms with Gasteiger partial charge in [-0.3, -0.25) is 0 Å². The van der Waals surface area contributed by atoms with Gasteiger partial charge in [0, 0.05) is 6.04 Å². The van der Waals surface area contributed by atoms with Gasteiger partial charge in [-0.2, -0.15) is 0 Å². The van der Waals surface area contributed by atoms with E-state index in [0.29, 0.717) is 0 Å². The molecule has 1 nitrogen and oxygen atoms in total. The van der Waals surface area contributed by atoms with Gasteiger partial charge in [0.1, 0.15) is 0 Å². The van der Waals surface area contributed by atoms with Crippen molar-refractivity contribution in [3.8, 4) is 0 Å². The highest BCUT2D eigenvalue weighted by Crippen LogP contribution is 2.26. The SMILES string of the molecule is CC(C)(CCNC1CCCCCC1)c1ccccc1. The van der Waals surface area contributed by atoms with Crippen molar-refractivity contribution in [2.24, 2.45) is 0 Å². The standard InChI is InChI=1S/C18H29N/c1-18(2,16-10-6-5-7-11-16)14-15-19-17-12-8-3-4-9-13-17/h5-7,10-11,17,19H,3-4,8-9,12-15H2,1-2H3. The van der Waals surface area contributed by atoms with E-state index in [-0.39, 0.29) is 5.41 Å². The quantitative estimate of drug-likeness (QED) is 0.758. The van der Waals surface area contributed by atoms with Gasteiger partial charge in [-0.15, -0.1) is 0 Å². The van der Waals surface area contributed by atoms with E-state index < -0.39 is 0 Å². The smallest absolute Gasteiger partial charge is 0.00670 e. The summed E-state index contributed by atoms with van der Waals surface area (Å²) >= 11 is 0. The number of nitrogens with one attached hydrogen (secondary N) is 1. The Bertz CT molecular complexity index is 347. The van der Waals surface area contributed by atoms with Crippen LogP contribution in [0.2, 0.25) is 0 Å². The Labute approximate surface area is 118 Å². The summed E-state index contributed by atoms with van der Waals surface area (Å²) in [7, 11) is 0. The van der Waals surface area contributed by atoms with Gasteiger partial charge in [0.2, 0.25) is 0 Å². The minimum Gasteiger partial charge on any atom is -0.314 e. The van der Waals surface area contributed by atoms with Crippen molar-refractivity contribution >= 4 is 0 Å². The Hall–Kier alpha value is -0.820. The molecule has 1 heteroatoms. The maximum Gasteiger partial charge on any atom is 0.00670 e. The lowest BCUT2D eigenvalue weighted by atomic mass is 9.81. The van der Waals surface area contributed by atoms with Gasteiger partial charge in [0.15, 0.2) is 0 Å². The van der Waals surface area contributed by atoms with Crippen LogP contribution in [0.4, 0.5) is 0 Å². The summed E-state index contributed by atoms with van der Waals surface area (Å²) in [5, 5.41) is 3.79. The van der Waals surface area contributed by atoms with Gasteiger partial charge in [0.05, 0.1) is 0 Å². The Kier molecular flexibility index (Phi) is 5.45. The maximum absolute atomic E-state index is 3.79. The van der Waals surface area contributed by atoms with E-state index in [2.05, 4.69) is 49.5 Å². The lowest BCUT2D eigenvalue weighted by Crippen LogP contribution is -2.33. The van der Waals surface area contributed by atoms with E-state index in [1.807, 2.05) is 0 Å². The largest absolute Gasteiger partial charge is 0.314 e. The summed E-state index contributed by atoms with van der Waals surface area (Å²) in [4.78, 5) is 0. The maximum atomic E-state index is 3.79. The molecule has 0 atom stereocenters. The molecule has 106 valence electrons. The Morgan fingerprint density at radius 3 is 2.26 bits per heavy atom. The normalized spacial score (nSPS) is 18.2. The number of rotatable bonds is 5. The zero-order valence-corrected chi connectivity index (χ0v) is 12.6. The topological polar surface area (TPSA) is 12.0 Å². The van der Waals surface area contributed by atoms with Crippen molar-refractivity contribution in [1.29, 1.82) is 0 Å². The van der Waals surface area contributed by atoms with Crippen LogP contribution in [0.1, 0.15) is 64.4 Å². The molecule has 19 heavy (non-hydrogen) atoms. The van der Waals surface area contributed by atoms with Gasteiger partial charge >= 0.3 is 0 Å². The molecule has 0 radical (unpaired) electrons. The summed E-state index contributed by atoms with van der Waals surface area (Å²) in [6.45, 7) is 5.86.